The number of benzene rings is 1. The minimum absolute atomic E-state index is 0.0576. The Morgan fingerprint density at radius 1 is 1.28 bits per heavy atom. The lowest BCUT2D eigenvalue weighted by atomic mass is 10.1. The molecule has 0 radical (unpaired) electrons. The highest BCUT2D eigenvalue weighted by Crippen LogP contribution is 2.22. The molecular formula is C14H16N2O2. The Hall–Kier alpha value is -2.07. The number of hydrogen-bond donors (Lipinski definition) is 1. The summed E-state index contributed by atoms with van der Waals surface area (Å²) in [5, 5.41) is 0. The fourth-order valence-electron chi connectivity index (χ4n) is 1.92. The van der Waals surface area contributed by atoms with Gasteiger partial charge in [0.25, 0.3) is 5.56 Å². The second-order valence-corrected chi connectivity index (χ2v) is 4.04. The van der Waals surface area contributed by atoms with Gasteiger partial charge < -0.3 is 15.0 Å². The number of aromatic nitrogens is 1. The first-order chi connectivity index (χ1) is 8.67. The van der Waals surface area contributed by atoms with Gasteiger partial charge in [-0.05, 0) is 18.2 Å². The van der Waals surface area contributed by atoms with Gasteiger partial charge in [-0.25, -0.2) is 0 Å². The molecule has 0 saturated carbocycles. The molecule has 4 heteroatoms. The Kier molecular flexibility index (Phi) is 3.48. The summed E-state index contributed by atoms with van der Waals surface area (Å²) in [6.07, 6.45) is 0. The van der Waals surface area contributed by atoms with E-state index in [-0.39, 0.29) is 12.1 Å². The largest absolute Gasteiger partial charge is 0.497 e. The molecule has 0 amide bonds. The van der Waals surface area contributed by atoms with Crippen molar-refractivity contribution in [3.63, 3.8) is 0 Å². The Balaban J connectivity index is 2.57. The van der Waals surface area contributed by atoms with Gasteiger partial charge in [-0.2, -0.15) is 0 Å². The maximum absolute atomic E-state index is 12.0. The van der Waals surface area contributed by atoms with Crippen LogP contribution in [-0.4, -0.2) is 11.7 Å². The molecule has 0 aliphatic heterocycles. The first-order valence-electron chi connectivity index (χ1n) is 5.70. The van der Waals surface area contributed by atoms with Crippen LogP contribution < -0.4 is 16.0 Å². The summed E-state index contributed by atoms with van der Waals surface area (Å²) in [5.41, 5.74) is 7.86. The lowest BCUT2D eigenvalue weighted by molar-refractivity contribution is 0.415. The van der Waals surface area contributed by atoms with Crippen molar-refractivity contribution in [3.8, 4) is 17.0 Å². The Bertz CT molecular complexity index is 617. The van der Waals surface area contributed by atoms with E-state index in [1.165, 1.54) is 0 Å². The third kappa shape index (κ3) is 2.15. The third-order valence-corrected chi connectivity index (χ3v) is 2.97. The number of ether oxygens (including phenoxy) is 1. The van der Waals surface area contributed by atoms with E-state index < -0.39 is 0 Å². The molecule has 0 aliphatic rings. The number of nitrogens with zero attached hydrogens (tertiary/aromatic N) is 1. The molecule has 0 unspecified atom stereocenters. The van der Waals surface area contributed by atoms with E-state index in [0.29, 0.717) is 5.56 Å². The maximum Gasteiger partial charge on any atom is 0.255 e. The number of methoxy groups -OCH3 is 1. The zero-order valence-corrected chi connectivity index (χ0v) is 10.5. The molecule has 0 fully saturated rings. The van der Waals surface area contributed by atoms with Crippen LogP contribution in [0.15, 0.2) is 41.2 Å². The van der Waals surface area contributed by atoms with Crippen LogP contribution in [0.4, 0.5) is 0 Å². The predicted molar refractivity (Wildman–Crippen MR) is 71.6 cm³/mol. The number of hydrogen-bond acceptors (Lipinski definition) is 3. The number of pyridine rings is 1. The summed E-state index contributed by atoms with van der Waals surface area (Å²) in [7, 11) is 3.37. The fourth-order valence-corrected chi connectivity index (χ4v) is 1.92. The van der Waals surface area contributed by atoms with Crippen molar-refractivity contribution in [1.29, 1.82) is 0 Å². The van der Waals surface area contributed by atoms with E-state index in [0.717, 1.165) is 17.0 Å². The summed E-state index contributed by atoms with van der Waals surface area (Å²) >= 11 is 0. The molecule has 1 aromatic carbocycles. The first-order valence-corrected chi connectivity index (χ1v) is 5.70. The van der Waals surface area contributed by atoms with Crippen molar-refractivity contribution in [2.24, 2.45) is 12.8 Å². The SMILES string of the molecule is COc1cccc(-c2ccc(CN)c(=O)n2C)c1. The summed E-state index contributed by atoms with van der Waals surface area (Å²) in [4.78, 5) is 12.0. The second kappa shape index (κ2) is 5.06. The smallest absolute Gasteiger partial charge is 0.255 e. The van der Waals surface area contributed by atoms with Crippen LogP contribution in [-0.2, 0) is 13.6 Å². The van der Waals surface area contributed by atoms with Crippen LogP contribution in [0.25, 0.3) is 11.3 Å². The van der Waals surface area contributed by atoms with Crippen molar-refractivity contribution < 1.29 is 4.74 Å². The van der Waals surface area contributed by atoms with Crippen molar-refractivity contribution in [2.45, 2.75) is 6.54 Å². The lowest BCUT2D eigenvalue weighted by Crippen LogP contribution is -2.23. The monoisotopic (exact) mass is 244 g/mol. The maximum atomic E-state index is 12.0. The van der Waals surface area contributed by atoms with Crippen molar-refractivity contribution >= 4 is 0 Å². The van der Waals surface area contributed by atoms with Gasteiger partial charge in [-0.15, -0.1) is 0 Å². The fraction of sp³-hybridized carbons (Fsp3) is 0.214. The van der Waals surface area contributed by atoms with Gasteiger partial charge in [0.15, 0.2) is 0 Å². The molecule has 1 heterocycles. The minimum atomic E-state index is -0.0576. The van der Waals surface area contributed by atoms with Crippen LogP contribution >= 0.6 is 0 Å². The molecule has 0 aliphatic carbocycles. The summed E-state index contributed by atoms with van der Waals surface area (Å²) in [5.74, 6) is 0.767. The molecule has 94 valence electrons. The van der Waals surface area contributed by atoms with Gasteiger partial charge in [0.1, 0.15) is 5.75 Å². The highest BCUT2D eigenvalue weighted by atomic mass is 16.5. The molecule has 18 heavy (non-hydrogen) atoms. The Morgan fingerprint density at radius 3 is 2.72 bits per heavy atom. The topological polar surface area (TPSA) is 57.2 Å². The molecule has 0 bridgehead atoms. The van der Waals surface area contributed by atoms with Gasteiger partial charge in [-0.3, -0.25) is 4.79 Å². The van der Waals surface area contributed by atoms with E-state index in [1.54, 1.807) is 24.8 Å². The molecule has 0 saturated heterocycles. The molecule has 0 atom stereocenters. The van der Waals surface area contributed by atoms with Gasteiger partial charge >= 0.3 is 0 Å². The van der Waals surface area contributed by atoms with Crippen LogP contribution in [0, 0.1) is 0 Å². The highest BCUT2D eigenvalue weighted by molar-refractivity contribution is 5.61. The highest BCUT2D eigenvalue weighted by Gasteiger charge is 2.07. The summed E-state index contributed by atoms with van der Waals surface area (Å²) in [6, 6.07) is 11.3. The van der Waals surface area contributed by atoms with Crippen molar-refractivity contribution in [2.75, 3.05) is 7.11 Å². The minimum Gasteiger partial charge on any atom is -0.497 e. The van der Waals surface area contributed by atoms with Crippen LogP contribution in [0.5, 0.6) is 5.75 Å². The Labute approximate surface area is 106 Å². The summed E-state index contributed by atoms with van der Waals surface area (Å²) < 4.78 is 6.79. The third-order valence-electron chi connectivity index (χ3n) is 2.97. The van der Waals surface area contributed by atoms with Gasteiger partial charge in [-0.1, -0.05) is 18.2 Å². The quantitative estimate of drug-likeness (QED) is 0.890. The second-order valence-electron chi connectivity index (χ2n) is 4.04. The first kappa shape index (κ1) is 12.4. The van der Waals surface area contributed by atoms with E-state index >= 15 is 0 Å². The van der Waals surface area contributed by atoms with Crippen LogP contribution in [0.1, 0.15) is 5.56 Å². The van der Waals surface area contributed by atoms with Crippen LogP contribution in [0.3, 0.4) is 0 Å². The number of rotatable bonds is 3. The van der Waals surface area contributed by atoms with Gasteiger partial charge in [0.2, 0.25) is 0 Å². The van der Waals surface area contributed by atoms with Crippen molar-refractivity contribution in [3.05, 3.63) is 52.3 Å². The van der Waals surface area contributed by atoms with E-state index in [4.69, 9.17) is 10.5 Å². The normalized spacial score (nSPS) is 10.4. The molecule has 2 N–H and O–H groups in total. The summed E-state index contributed by atoms with van der Waals surface area (Å²) in [6.45, 7) is 0.255. The van der Waals surface area contributed by atoms with Crippen molar-refractivity contribution in [1.82, 2.24) is 4.57 Å². The van der Waals surface area contributed by atoms with E-state index in [2.05, 4.69) is 0 Å². The Morgan fingerprint density at radius 2 is 2.06 bits per heavy atom. The van der Waals surface area contributed by atoms with E-state index in [9.17, 15) is 4.79 Å². The van der Waals surface area contributed by atoms with Gasteiger partial charge in [0.05, 0.1) is 12.8 Å². The number of nitrogens with two attached hydrogens (primary N) is 1. The zero-order chi connectivity index (χ0) is 13.1. The molecule has 0 spiro atoms. The van der Waals surface area contributed by atoms with Gasteiger partial charge in [0, 0.05) is 24.7 Å². The average molecular weight is 244 g/mol. The zero-order valence-electron chi connectivity index (χ0n) is 10.5. The molecule has 1 aromatic heterocycles. The predicted octanol–water partition coefficient (Wildman–Crippen LogP) is 1.52. The molecule has 2 rings (SSSR count). The molecule has 4 nitrogen and oxygen atoms in total. The van der Waals surface area contributed by atoms with Crippen LogP contribution in [0.2, 0.25) is 0 Å². The van der Waals surface area contributed by atoms with E-state index in [1.807, 2.05) is 30.3 Å². The lowest BCUT2D eigenvalue weighted by Gasteiger charge is -2.10. The average Bonchev–Trinajstić information content (AvgIpc) is 2.42. The molecular weight excluding hydrogens is 228 g/mol. The standard InChI is InChI=1S/C14H16N2O2/c1-16-13(7-6-11(9-15)14(16)17)10-4-3-5-12(8-10)18-2/h3-8H,9,15H2,1-2H3. The molecule has 2 aromatic rings.